The Morgan fingerprint density at radius 2 is 1.52 bits per heavy atom. The monoisotopic (exact) mass is 371 g/mol. The standard InChI is InChI=1S/C15H15N3O5S.Na/c1-10(19)16-13-8-7-12(9-14(13)24(21,22)23)18-15(20)17-11-5-3-2-4-6-11;/h2-9H,1H3,(H,16,19)(H2,17,18,20)(H,21,22,23);/q;+1/p-1. The third kappa shape index (κ3) is 6.48. The summed E-state index contributed by atoms with van der Waals surface area (Å²) in [7, 11) is -4.83. The SMILES string of the molecule is CC(=O)Nc1ccc(NC(=O)Nc2ccccc2)cc1S(=O)(=O)[O-].[Na+]. The van der Waals surface area contributed by atoms with Crippen LogP contribution in [0.5, 0.6) is 0 Å². The number of urea groups is 1. The number of rotatable bonds is 4. The smallest absolute Gasteiger partial charge is 0.744 e. The first-order valence-electron chi connectivity index (χ1n) is 6.76. The minimum absolute atomic E-state index is 0. The Kier molecular flexibility index (Phi) is 7.59. The maximum atomic E-state index is 11.9. The molecule has 0 aliphatic carbocycles. The van der Waals surface area contributed by atoms with Gasteiger partial charge >= 0.3 is 35.6 Å². The molecule has 2 aromatic carbocycles. The summed E-state index contributed by atoms with van der Waals surface area (Å²) in [4.78, 5) is 22.3. The molecule has 0 heterocycles. The van der Waals surface area contributed by atoms with Crippen LogP contribution in [0.2, 0.25) is 0 Å². The van der Waals surface area contributed by atoms with Gasteiger partial charge in [-0.3, -0.25) is 4.79 Å². The normalized spacial score (nSPS) is 10.3. The van der Waals surface area contributed by atoms with Crippen LogP contribution in [0, 0.1) is 0 Å². The van der Waals surface area contributed by atoms with E-state index in [9.17, 15) is 22.6 Å². The zero-order valence-electron chi connectivity index (χ0n) is 13.6. The van der Waals surface area contributed by atoms with Gasteiger partial charge in [0.2, 0.25) is 5.91 Å². The Bertz CT molecular complexity index is 872. The van der Waals surface area contributed by atoms with Crippen molar-refractivity contribution >= 4 is 39.1 Å². The zero-order chi connectivity index (χ0) is 17.7. The average molecular weight is 371 g/mol. The largest absolute Gasteiger partial charge is 1.00 e. The molecule has 3 N–H and O–H groups in total. The minimum Gasteiger partial charge on any atom is -0.744 e. The van der Waals surface area contributed by atoms with Crippen LogP contribution in [-0.2, 0) is 14.9 Å². The molecular weight excluding hydrogens is 357 g/mol. The molecule has 0 aliphatic heterocycles. The van der Waals surface area contributed by atoms with Gasteiger partial charge in [-0.05, 0) is 30.3 Å². The summed E-state index contributed by atoms with van der Waals surface area (Å²) in [5.41, 5.74) is 0.486. The molecule has 2 rings (SSSR count). The third-order valence-corrected chi connectivity index (χ3v) is 3.73. The Morgan fingerprint density at radius 3 is 2.08 bits per heavy atom. The van der Waals surface area contributed by atoms with Gasteiger partial charge in [-0.1, -0.05) is 18.2 Å². The van der Waals surface area contributed by atoms with E-state index in [-0.39, 0.29) is 40.9 Å². The van der Waals surface area contributed by atoms with Crippen molar-refractivity contribution in [1.29, 1.82) is 0 Å². The summed E-state index contributed by atoms with van der Waals surface area (Å²) in [5, 5.41) is 7.22. The van der Waals surface area contributed by atoms with Gasteiger partial charge in [0.25, 0.3) is 0 Å². The summed E-state index contributed by atoms with van der Waals surface area (Å²) in [6.07, 6.45) is 0. The molecule has 126 valence electrons. The molecule has 0 aromatic heterocycles. The van der Waals surface area contributed by atoms with Crippen molar-refractivity contribution in [2.24, 2.45) is 0 Å². The number of amides is 3. The number of hydrogen-bond donors (Lipinski definition) is 3. The van der Waals surface area contributed by atoms with Gasteiger partial charge in [-0.2, -0.15) is 0 Å². The molecular formula is C15H14N3NaO5S. The zero-order valence-corrected chi connectivity index (χ0v) is 16.4. The molecule has 0 spiro atoms. The van der Waals surface area contributed by atoms with Crippen molar-refractivity contribution in [3.05, 3.63) is 48.5 Å². The molecule has 0 bridgehead atoms. The predicted molar refractivity (Wildman–Crippen MR) is 87.8 cm³/mol. The Balaban J connectivity index is 0.00000312. The van der Waals surface area contributed by atoms with Crippen LogP contribution in [0.15, 0.2) is 53.4 Å². The molecule has 25 heavy (non-hydrogen) atoms. The number of benzene rings is 2. The molecule has 0 atom stereocenters. The van der Waals surface area contributed by atoms with E-state index in [2.05, 4.69) is 16.0 Å². The van der Waals surface area contributed by atoms with E-state index >= 15 is 0 Å². The molecule has 0 saturated carbocycles. The second-order valence-corrected chi connectivity index (χ2v) is 6.14. The number of carbonyl (C=O) groups is 2. The first kappa shape index (κ1) is 21.1. The molecule has 8 nitrogen and oxygen atoms in total. The predicted octanol–water partition coefficient (Wildman–Crippen LogP) is -0.803. The summed E-state index contributed by atoms with van der Waals surface area (Å²) in [6.45, 7) is 1.18. The molecule has 0 fully saturated rings. The number of carbonyl (C=O) groups excluding carboxylic acids is 2. The van der Waals surface area contributed by atoms with Crippen molar-refractivity contribution in [2.75, 3.05) is 16.0 Å². The van der Waals surface area contributed by atoms with Gasteiger partial charge in [0.1, 0.15) is 10.1 Å². The van der Waals surface area contributed by atoms with Gasteiger partial charge in [-0.25, -0.2) is 13.2 Å². The number of para-hydroxylation sites is 1. The van der Waals surface area contributed by atoms with Gasteiger partial charge in [-0.15, -0.1) is 0 Å². The van der Waals surface area contributed by atoms with Crippen molar-refractivity contribution in [3.63, 3.8) is 0 Å². The summed E-state index contributed by atoms with van der Waals surface area (Å²) in [5.74, 6) is -0.526. The fourth-order valence-electron chi connectivity index (χ4n) is 1.91. The van der Waals surface area contributed by atoms with E-state index in [4.69, 9.17) is 0 Å². The average Bonchev–Trinajstić information content (AvgIpc) is 2.48. The van der Waals surface area contributed by atoms with Crippen LogP contribution in [-0.4, -0.2) is 24.9 Å². The number of hydrogen-bond acceptors (Lipinski definition) is 5. The topological polar surface area (TPSA) is 127 Å². The summed E-state index contributed by atoms with van der Waals surface area (Å²) in [6, 6.07) is 11.6. The second-order valence-electron chi connectivity index (χ2n) is 4.79. The first-order chi connectivity index (χ1) is 11.3. The van der Waals surface area contributed by atoms with Crippen LogP contribution < -0.4 is 45.5 Å². The van der Waals surface area contributed by atoms with E-state index in [0.29, 0.717) is 5.69 Å². The molecule has 0 aliphatic rings. The summed E-state index contributed by atoms with van der Waals surface area (Å²) < 4.78 is 34.0. The van der Waals surface area contributed by atoms with Crippen LogP contribution in [0.4, 0.5) is 21.9 Å². The van der Waals surface area contributed by atoms with Gasteiger partial charge < -0.3 is 20.5 Å². The van der Waals surface area contributed by atoms with Crippen molar-refractivity contribution in [2.45, 2.75) is 11.8 Å². The molecule has 3 amide bonds. The summed E-state index contributed by atoms with van der Waals surface area (Å²) >= 11 is 0. The van der Waals surface area contributed by atoms with Crippen molar-refractivity contribution in [1.82, 2.24) is 0 Å². The Labute approximate surface area is 167 Å². The minimum atomic E-state index is -4.83. The van der Waals surface area contributed by atoms with Crippen molar-refractivity contribution < 1.29 is 52.1 Å². The van der Waals surface area contributed by atoms with Gasteiger partial charge in [0, 0.05) is 18.3 Å². The maximum absolute atomic E-state index is 11.9. The Morgan fingerprint density at radius 1 is 0.920 bits per heavy atom. The fraction of sp³-hybridized carbons (Fsp3) is 0.0667. The molecule has 0 radical (unpaired) electrons. The molecule has 0 saturated heterocycles. The molecule has 0 unspecified atom stereocenters. The quantitative estimate of drug-likeness (QED) is 0.479. The van der Waals surface area contributed by atoms with Crippen LogP contribution >= 0.6 is 0 Å². The fourth-order valence-corrected chi connectivity index (χ4v) is 2.57. The van der Waals surface area contributed by atoms with E-state index in [1.807, 2.05) is 0 Å². The number of nitrogens with one attached hydrogen (secondary N) is 3. The van der Waals surface area contributed by atoms with Crippen molar-refractivity contribution in [3.8, 4) is 0 Å². The number of anilines is 3. The maximum Gasteiger partial charge on any atom is 1.00 e. The van der Waals surface area contributed by atoms with Gasteiger partial charge in [0.05, 0.1) is 10.6 Å². The molecule has 2 aromatic rings. The van der Waals surface area contributed by atoms with E-state index in [0.717, 1.165) is 6.07 Å². The van der Waals surface area contributed by atoms with E-state index in [1.165, 1.54) is 19.1 Å². The molecule has 10 heteroatoms. The van der Waals surface area contributed by atoms with Crippen LogP contribution in [0.25, 0.3) is 0 Å². The third-order valence-electron chi connectivity index (χ3n) is 2.85. The van der Waals surface area contributed by atoms with Gasteiger partial charge in [0.15, 0.2) is 0 Å². The Hall–Kier alpha value is -1.91. The van der Waals surface area contributed by atoms with E-state index in [1.54, 1.807) is 30.3 Å². The second kappa shape index (κ2) is 8.97. The van der Waals surface area contributed by atoms with Crippen LogP contribution in [0.3, 0.4) is 0 Å². The van der Waals surface area contributed by atoms with Crippen LogP contribution in [0.1, 0.15) is 6.92 Å². The van der Waals surface area contributed by atoms with E-state index < -0.39 is 27.0 Å². The first-order valence-corrected chi connectivity index (χ1v) is 8.17.